The van der Waals surface area contributed by atoms with Crippen LogP contribution in [0, 0.1) is 5.92 Å². The Hall–Kier alpha value is -3.26. The molecule has 1 saturated heterocycles. The SMILES string of the molecule is CCC1C(=O)N2C(C(=O)OC(c3ccccc3)c3ccccc3)=C(S(=O)CCCC(N)=O)CC12. The second kappa shape index (κ2) is 10.3. The molecule has 2 aromatic rings. The Labute approximate surface area is 201 Å². The maximum Gasteiger partial charge on any atom is 0.356 e. The molecule has 2 N–H and O–H groups in total. The number of hydrogen-bond acceptors (Lipinski definition) is 5. The molecule has 2 amide bonds. The number of amides is 2. The van der Waals surface area contributed by atoms with Crippen molar-refractivity contribution in [2.24, 2.45) is 11.7 Å². The number of β-lactam (4-membered cyclic amide) rings is 1. The fourth-order valence-corrected chi connectivity index (χ4v) is 6.05. The quantitative estimate of drug-likeness (QED) is 0.415. The van der Waals surface area contributed by atoms with Crippen molar-refractivity contribution < 1.29 is 23.3 Å². The van der Waals surface area contributed by atoms with E-state index in [9.17, 15) is 18.6 Å². The van der Waals surface area contributed by atoms with Gasteiger partial charge < -0.3 is 15.4 Å². The first-order valence-corrected chi connectivity index (χ1v) is 12.8. The summed E-state index contributed by atoms with van der Waals surface area (Å²) in [5.41, 5.74) is 6.88. The normalized spacial score (nSPS) is 20.2. The third-order valence-corrected chi connectivity index (χ3v) is 7.91. The van der Waals surface area contributed by atoms with Crippen LogP contribution in [-0.2, 0) is 29.9 Å². The van der Waals surface area contributed by atoms with Crippen molar-refractivity contribution >= 4 is 28.6 Å². The largest absolute Gasteiger partial charge is 0.448 e. The van der Waals surface area contributed by atoms with Crippen molar-refractivity contribution in [3.8, 4) is 0 Å². The predicted molar refractivity (Wildman–Crippen MR) is 128 cm³/mol. The summed E-state index contributed by atoms with van der Waals surface area (Å²) in [5.74, 6) is -1.26. The van der Waals surface area contributed by atoms with Gasteiger partial charge in [-0.05, 0) is 24.0 Å². The second-order valence-electron chi connectivity index (χ2n) is 8.49. The van der Waals surface area contributed by atoms with Gasteiger partial charge in [-0.3, -0.25) is 13.8 Å². The Bertz CT molecular complexity index is 1090. The highest BCUT2D eigenvalue weighted by atomic mass is 32.2. The lowest BCUT2D eigenvalue weighted by Crippen LogP contribution is -2.58. The first kappa shape index (κ1) is 23.9. The Morgan fingerprint density at radius 3 is 2.21 bits per heavy atom. The molecule has 0 bridgehead atoms. The maximum atomic E-state index is 13.5. The lowest BCUT2D eigenvalue weighted by Gasteiger charge is -2.43. The molecule has 3 unspecified atom stereocenters. The van der Waals surface area contributed by atoms with E-state index in [0.29, 0.717) is 24.2 Å². The summed E-state index contributed by atoms with van der Waals surface area (Å²) in [5, 5.41) is 0. The average molecular weight is 481 g/mol. The molecule has 0 aliphatic carbocycles. The van der Waals surface area contributed by atoms with Crippen LogP contribution in [0.3, 0.4) is 0 Å². The number of esters is 1. The van der Waals surface area contributed by atoms with E-state index in [0.717, 1.165) is 11.1 Å². The van der Waals surface area contributed by atoms with Gasteiger partial charge in [-0.1, -0.05) is 67.6 Å². The Kier molecular flexibility index (Phi) is 7.26. The number of rotatable bonds is 10. The van der Waals surface area contributed by atoms with Crippen molar-refractivity contribution in [3.05, 3.63) is 82.4 Å². The highest BCUT2D eigenvalue weighted by molar-refractivity contribution is 7.89. The summed E-state index contributed by atoms with van der Waals surface area (Å²) in [7, 11) is -1.52. The lowest BCUT2D eigenvalue weighted by atomic mass is 9.85. The Morgan fingerprint density at radius 2 is 1.68 bits per heavy atom. The van der Waals surface area contributed by atoms with Gasteiger partial charge in [0.15, 0.2) is 6.10 Å². The van der Waals surface area contributed by atoms with Gasteiger partial charge in [-0.25, -0.2) is 4.79 Å². The number of carbonyl (C=O) groups excluding carboxylic acids is 3. The number of nitrogens with zero attached hydrogens (tertiary/aromatic N) is 1. The number of ether oxygens (including phenoxy) is 1. The zero-order valence-electron chi connectivity index (χ0n) is 19.0. The molecule has 1 fully saturated rings. The smallest absolute Gasteiger partial charge is 0.356 e. The van der Waals surface area contributed by atoms with Crippen molar-refractivity contribution in [1.82, 2.24) is 4.90 Å². The predicted octanol–water partition coefficient (Wildman–Crippen LogP) is 3.19. The third-order valence-electron chi connectivity index (χ3n) is 6.34. The Morgan fingerprint density at radius 1 is 1.09 bits per heavy atom. The van der Waals surface area contributed by atoms with Gasteiger partial charge >= 0.3 is 5.97 Å². The van der Waals surface area contributed by atoms with Crippen molar-refractivity contribution in [3.63, 3.8) is 0 Å². The van der Waals surface area contributed by atoms with Gasteiger partial charge in [0.2, 0.25) is 11.8 Å². The zero-order chi connectivity index (χ0) is 24.2. The van der Waals surface area contributed by atoms with Crippen LogP contribution in [0.1, 0.15) is 49.8 Å². The number of hydrogen-bond donors (Lipinski definition) is 1. The highest BCUT2D eigenvalue weighted by Gasteiger charge is 2.55. The van der Waals surface area contributed by atoms with E-state index in [-0.39, 0.29) is 35.7 Å². The molecular weight excluding hydrogens is 452 g/mol. The molecule has 34 heavy (non-hydrogen) atoms. The minimum atomic E-state index is -1.52. The third kappa shape index (κ3) is 4.68. The van der Waals surface area contributed by atoms with E-state index >= 15 is 0 Å². The molecule has 0 spiro atoms. The number of benzene rings is 2. The van der Waals surface area contributed by atoms with Crippen LogP contribution in [0.25, 0.3) is 0 Å². The number of carbonyl (C=O) groups is 3. The van der Waals surface area contributed by atoms with E-state index < -0.39 is 28.8 Å². The van der Waals surface area contributed by atoms with Gasteiger partial charge in [-0.2, -0.15) is 0 Å². The van der Waals surface area contributed by atoms with Gasteiger partial charge in [0.05, 0.1) is 22.8 Å². The van der Waals surface area contributed by atoms with Crippen molar-refractivity contribution in [2.45, 2.75) is 44.8 Å². The summed E-state index contributed by atoms with van der Waals surface area (Å²) in [6, 6.07) is 18.6. The molecule has 2 aromatic carbocycles. The maximum absolute atomic E-state index is 13.5. The van der Waals surface area contributed by atoms with Crippen LogP contribution in [0.15, 0.2) is 71.3 Å². The zero-order valence-corrected chi connectivity index (χ0v) is 19.8. The van der Waals surface area contributed by atoms with Crippen LogP contribution in [-0.4, -0.2) is 38.7 Å². The van der Waals surface area contributed by atoms with Crippen LogP contribution in [0.5, 0.6) is 0 Å². The van der Waals surface area contributed by atoms with Crippen LogP contribution in [0.2, 0.25) is 0 Å². The molecule has 0 aromatic heterocycles. The monoisotopic (exact) mass is 480 g/mol. The van der Waals surface area contributed by atoms with Crippen LogP contribution in [0.4, 0.5) is 0 Å². The standard InChI is InChI=1S/C26H28N2O5S/c1-2-19-20-16-21(34(32)15-9-14-22(27)29)23(28(20)25(19)30)26(31)33-24(17-10-5-3-6-11-17)18-12-7-4-8-13-18/h3-8,10-13,19-20,24H,2,9,14-16H2,1H3,(H2,27,29). The second-order valence-corrected chi connectivity index (χ2v) is 10.1. The minimum absolute atomic E-state index is 0.0916. The molecule has 7 nitrogen and oxygen atoms in total. The fourth-order valence-electron chi connectivity index (χ4n) is 4.64. The molecule has 2 heterocycles. The lowest BCUT2D eigenvalue weighted by molar-refractivity contribution is -0.158. The van der Waals surface area contributed by atoms with E-state index in [1.54, 1.807) is 0 Å². The highest BCUT2D eigenvalue weighted by Crippen LogP contribution is 2.45. The topological polar surface area (TPSA) is 107 Å². The number of fused-ring (bicyclic) bond motifs is 1. The number of nitrogens with two attached hydrogens (primary N) is 1. The fraction of sp³-hybridized carbons (Fsp3) is 0.346. The Balaban J connectivity index is 1.65. The van der Waals surface area contributed by atoms with E-state index in [1.165, 1.54) is 4.90 Å². The summed E-state index contributed by atoms with van der Waals surface area (Å²) >= 11 is 0. The summed E-state index contributed by atoms with van der Waals surface area (Å²) in [4.78, 5) is 39.3. The first-order valence-electron chi connectivity index (χ1n) is 11.5. The molecule has 8 heteroatoms. The van der Waals surface area contributed by atoms with Gasteiger partial charge in [0.25, 0.3) is 0 Å². The van der Waals surface area contributed by atoms with E-state index in [2.05, 4.69) is 0 Å². The van der Waals surface area contributed by atoms with Gasteiger partial charge in [0.1, 0.15) is 5.70 Å². The molecule has 0 saturated carbocycles. The summed E-state index contributed by atoms with van der Waals surface area (Å²) in [6.07, 6.45) is 0.816. The molecule has 4 rings (SSSR count). The van der Waals surface area contributed by atoms with Gasteiger partial charge in [0, 0.05) is 23.5 Å². The molecular formula is C26H28N2O5S. The molecule has 3 atom stereocenters. The first-order chi connectivity index (χ1) is 16.4. The summed E-state index contributed by atoms with van der Waals surface area (Å²) < 4.78 is 19.1. The van der Waals surface area contributed by atoms with Crippen molar-refractivity contribution in [2.75, 3.05) is 5.75 Å². The van der Waals surface area contributed by atoms with Crippen LogP contribution >= 0.6 is 0 Å². The molecule has 178 valence electrons. The van der Waals surface area contributed by atoms with Crippen LogP contribution < -0.4 is 5.73 Å². The molecule has 2 aliphatic heterocycles. The minimum Gasteiger partial charge on any atom is -0.448 e. The molecule has 2 aliphatic rings. The van der Waals surface area contributed by atoms with Crippen molar-refractivity contribution in [1.29, 1.82) is 0 Å². The number of primary amides is 1. The average Bonchev–Trinajstić information content (AvgIpc) is 3.19. The van der Waals surface area contributed by atoms with E-state index in [1.807, 2.05) is 67.6 Å². The summed E-state index contributed by atoms with van der Waals surface area (Å²) in [6.45, 7) is 1.93. The van der Waals surface area contributed by atoms with Gasteiger partial charge in [-0.15, -0.1) is 0 Å². The molecule has 0 radical (unpaired) electrons. The van der Waals surface area contributed by atoms with E-state index in [4.69, 9.17) is 10.5 Å².